The molecule has 5 heteroatoms. The molecule has 1 N–H and O–H groups in total. The molecule has 0 spiro atoms. The number of ether oxygens (including phenoxy) is 1. The number of rotatable bonds is 5. The van der Waals surface area contributed by atoms with Crippen LogP contribution in [0.1, 0.15) is 11.1 Å². The summed E-state index contributed by atoms with van der Waals surface area (Å²) in [6, 6.07) is 15.8. The molecule has 1 aliphatic rings. The third kappa shape index (κ3) is 5.53. The SMILES string of the molecule is O=C(/C=C/c1ccccc1Br)Nc1ccc(CN2CCOCC2)cc1. The van der Waals surface area contributed by atoms with Gasteiger partial charge in [0.1, 0.15) is 0 Å². The topological polar surface area (TPSA) is 41.6 Å². The van der Waals surface area contributed by atoms with E-state index >= 15 is 0 Å². The molecular formula is C20H21BrN2O2. The maximum absolute atomic E-state index is 12.1. The van der Waals surface area contributed by atoms with Gasteiger partial charge in [0.05, 0.1) is 13.2 Å². The molecule has 2 aromatic rings. The van der Waals surface area contributed by atoms with E-state index in [4.69, 9.17) is 4.74 Å². The summed E-state index contributed by atoms with van der Waals surface area (Å²) in [5, 5.41) is 2.89. The van der Waals surface area contributed by atoms with E-state index in [1.807, 2.05) is 36.4 Å². The van der Waals surface area contributed by atoms with Crippen molar-refractivity contribution in [1.82, 2.24) is 4.90 Å². The van der Waals surface area contributed by atoms with Crippen molar-refractivity contribution in [3.05, 3.63) is 70.2 Å². The average Bonchev–Trinajstić information content (AvgIpc) is 2.64. The summed E-state index contributed by atoms with van der Waals surface area (Å²) >= 11 is 3.47. The Morgan fingerprint density at radius 3 is 2.56 bits per heavy atom. The minimum absolute atomic E-state index is 0.142. The second-order valence-corrected chi connectivity index (χ2v) is 6.78. The van der Waals surface area contributed by atoms with Crippen LogP contribution in [-0.2, 0) is 16.1 Å². The van der Waals surface area contributed by atoms with E-state index in [2.05, 4.69) is 38.3 Å². The van der Waals surface area contributed by atoms with Crippen molar-refractivity contribution < 1.29 is 9.53 Å². The molecule has 1 saturated heterocycles. The molecule has 0 aliphatic carbocycles. The molecule has 0 radical (unpaired) electrons. The third-order valence-electron chi connectivity index (χ3n) is 4.05. The van der Waals surface area contributed by atoms with Gasteiger partial charge in [0.2, 0.25) is 5.91 Å². The molecule has 25 heavy (non-hydrogen) atoms. The summed E-state index contributed by atoms with van der Waals surface area (Å²) in [5.41, 5.74) is 3.01. The molecule has 0 saturated carbocycles. The molecule has 4 nitrogen and oxygen atoms in total. The molecule has 1 heterocycles. The van der Waals surface area contributed by atoms with Crippen LogP contribution >= 0.6 is 15.9 Å². The zero-order chi connectivity index (χ0) is 17.5. The number of hydrogen-bond acceptors (Lipinski definition) is 3. The number of anilines is 1. The van der Waals surface area contributed by atoms with Crippen LogP contribution in [0.4, 0.5) is 5.69 Å². The van der Waals surface area contributed by atoms with Crippen LogP contribution < -0.4 is 5.32 Å². The van der Waals surface area contributed by atoms with Gasteiger partial charge in [0, 0.05) is 35.9 Å². The van der Waals surface area contributed by atoms with E-state index in [9.17, 15) is 4.79 Å². The van der Waals surface area contributed by atoms with E-state index in [1.165, 1.54) is 5.56 Å². The van der Waals surface area contributed by atoms with Crippen molar-refractivity contribution in [2.75, 3.05) is 31.6 Å². The lowest BCUT2D eigenvalue weighted by molar-refractivity contribution is -0.111. The minimum Gasteiger partial charge on any atom is -0.379 e. The van der Waals surface area contributed by atoms with Crippen molar-refractivity contribution in [2.24, 2.45) is 0 Å². The van der Waals surface area contributed by atoms with E-state index in [0.29, 0.717) is 0 Å². The number of carbonyl (C=O) groups is 1. The lowest BCUT2D eigenvalue weighted by Crippen LogP contribution is -2.35. The predicted octanol–water partition coefficient (Wildman–Crippen LogP) is 3.93. The van der Waals surface area contributed by atoms with Crippen molar-refractivity contribution in [3.8, 4) is 0 Å². The highest BCUT2D eigenvalue weighted by atomic mass is 79.9. The fraction of sp³-hybridized carbons (Fsp3) is 0.250. The number of morpholine rings is 1. The summed E-state index contributed by atoms with van der Waals surface area (Å²) in [5.74, 6) is -0.142. The highest BCUT2D eigenvalue weighted by molar-refractivity contribution is 9.10. The number of carbonyl (C=O) groups excluding carboxylic acids is 1. The summed E-state index contributed by atoms with van der Waals surface area (Å²) in [7, 11) is 0. The Hall–Kier alpha value is -1.95. The van der Waals surface area contributed by atoms with Gasteiger partial charge in [-0.1, -0.05) is 46.3 Å². The molecule has 1 amide bonds. The van der Waals surface area contributed by atoms with Gasteiger partial charge in [-0.3, -0.25) is 9.69 Å². The normalized spacial score (nSPS) is 15.4. The second kappa shape index (κ2) is 8.94. The Balaban J connectivity index is 1.54. The van der Waals surface area contributed by atoms with Gasteiger partial charge in [-0.25, -0.2) is 0 Å². The lowest BCUT2D eigenvalue weighted by atomic mass is 10.2. The standard InChI is InChI=1S/C20H21BrN2O2/c21-19-4-2-1-3-17(19)7-10-20(24)22-18-8-5-16(6-9-18)15-23-11-13-25-14-12-23/h1-10H,11-15H2,(H,22,24)/b10-7+. The molecule has 3 rings (SSSR count). The molecular weight excluding hydrogens is 380 g/mol. The molecule has 0 atom stereocenters. The van der Waals surface area contributed by atoms with Crippen LogP contribution in [-0.4, -0.2) is 37.1 Å². The Labute approximate surface area is 156 Å². The monoisotopic (exact) mass is 400 g/mol. The Bertz CT molecular complexity index is 738. The van der Waals surface area contributed by atoms with Crippen molar-refractivity contribution >= 4 is 33.6 Å². The maximum atomic E-state index is 12.1. The van der Waals surface area contributed by atoms with Gasteiger partial charge in [0.25, 0.3) is 0 Å². The van der Waals surface area contributed by atoms with Gasteiger partial charge >= 0.3 is 0 Å². The molecule has 1 aliphatic heterocycles. The summed E-state index contributed by atoms with van der Waals surface area (Å²) in [6.07, 6.45) is 3.34. The van der Waals surface area contributed by atoms with Gasteiger partial charge in [-0.15, -0.1) is 0 Å². The Morgan fingerprint density at radius 1 is 1.12 bits per heavy atom. The molecule has 0 bridgehead atoms. The summed E-state index contributed by atoms with van der Waals surface area (Å²) in [6.45, 7) is 4.46. The zero-order valence-corrected chi connectivity index (χ0v) is 15.5. The van der Waals surface area contributed by atoms with Crippen LogP contribution in [0.25, 0.3) is 6.08 Å². The number of amides is 1. The first-order chi connectivity index (χ1) is 12.2. The number of nitrogens with one attached hydrogen (secondary N) is 1. The fourth-order valence-electron chi connectivity index (χ4n) is 2.67. The molecule has 0 unspecified atom stereocenters. The Morgan fingerprint density at radius 2 is 1.84 bits per heavy atom. The molecule has 130 valence electrons. The van der Waals surface area contributed by atoms with Gasteiger partial charge in [-0.05, 0) is 35.4 Å². The first-order valence-electron chi connectivity index (χ1n) is 8.33. The molecule has 0 aromatic heterocycles. The quantitative estimate of drug-likeness (QED) is 0.772. The number of nitrogens with zero attached hydrogens (tertiary/aromatic N) is 1. The molecule has 2 aromatic carbocycles. The smallest absolute Gasteiger partial charge is 0.248 e. The van der Waals surface area contributed by atoms with Crippen LogP contribution in [0, 0.1) is 0 Å². The van der Waals surface area contributed by atoms with Crippen LogP contribution in [0.15, 0.2) is 59.1 Å². The largest absolute Gasteiger partial charge is 0.379 e. The first-order valence-corrected chi connectivity index (χ1v) is 9.13. The highest BCUT2D eigenvalue weighted by Crippen LogP contribution is 2.17. The second-order valence-electron chi connectivity index (χ2n) is 5.93. The van der Waals surface area contributed by atoms with Crippen molar-refractivity contribution in [3.63, 3.8) is 0 Å². The van der Waals surface area contributed by atoms with Gasteiger partial charge in [-0.2, -0.15) is 0 Å². The molecule has 1 fully saturated rings. The fourth-order valence-corrected chi connectivity index (χ4v) is 3.09. The van der Waals surface area contributed by atoms with E-state index in [0.717, 1.165) is 48.6 Å². The number of benzene rings is 2. The minimum atomic E-state index is -0.142. The van der Waals surface area contributed by atoms with Crippen molar-refractivity contribution in [1.29, 1.82) is 0 Å². The summed E-state index contributed by atoms with van der Waals surface area (Å²) in [4.78, 5) is 14.4. The summed E-state index contributed by atoms with van der Waals surface area (Å²) < 4.78 is 6.33. The van der Waals surface area contributed by atoms with Crippen molar-refractivity contribution in [2.45, 2.75) is 6.54 Å². The number of hydrogen-bond donors (Lipinski definition) is 1. The first kappa shape index (κ1) is 17.9. The van der Waals surface area contributed by atoms with Gasteiger partial charge in [0.15, 0.2) is 0 Å². The Kier molecular flexibility index (Phi) is 6.39. The van der Waals surface area contributed by atoms with Crippen LogP contribution in [0.5, 0.6) is 0 Å². The van der Waals surface area contributed by atoms with Gasteiger partial charge < -0.3 is 10.1 Å². The third-order valence-corrected chi connectivity index (χ3v) is 4.77. The number of halogens is 1. The van der Waals surface area contributed by atoms with E-state index < -0.39 is 0 Å². The average molecular weight is 401 g/mol. The lowest BCUT2D eigenvalue weighted by Gasteiger charge is -2.26. The predicted molar refractivity (Wildman–Crippen MR) is 104 cm³/mol. The maximum Gasteiger partial charge on any atom is 0.248 e. The highest BCUT2D eigenvalue weighted by Gasteiger charge is 2.10. The van der Waals surface area contributed by atoms with Crippen LogP contribution in [0.3, 0.4) is 0 Å². The van der Waals surface area contributed by atoms with E-state index in [-0.39, 0.29) is 5.91 Å². The van der Waals surface area contributed by atoms with Crippen LogP contribution in [0.2, 0.25) is 0 Å². The van der Waals surface area contributed by atoms with E-state index in [1.54, 1.807) is 12.2 Å². The zero-order valence-electron chi connectivity index (χ0n) is 14.0.